The van der Waals surface area contributed by atoms with E-state index in [9.17, 15) is 9.90 Å². The van der Waals surface area contributed by atoms with Crippen LogP contribution in [-0.2, 0) is 31.0 Å². The Labute approximate surface area is 199 Å². The van der Waals surface area contributed by atoms with Crippen LogP contribution >= 0.6 is 0 Å². The molecule has 34 heavy (non-hydrogen) atoms. The molecule has 1 aromatic carbocycles. The van der Waals surface area contributed by atoms with Crippen LogP contribution in [0.1, 0.15) is 42.0 Å². The maximum Gasteiger partial charge on any atom is 0.320 e. The Morgan fingerprint density at radius 2 is 1.62 bits per heavy atom. The van der Waals surface area contributed by atoms with Crippen molar-refractivity contribution in [3.8, 4) is 0 Å². The number of benzene rings is 1. The summed E-state index contributed by atoms with van der Waals surface area (Å²) in [6.07, 6.45) is 10.1. The second-order valence-corrected chi connectivity index (χ2v) is 9.75. The van der Waals surface area contributed by atoms with Gasteiger partial charge in [-0.1, -0.05) is 24.3 Å². The molecule has 9 nitrogen and oxygen atoms in total. The van der Waals surface area contributed by atoms with E-state index in [0.717, 1.165) is 62.7 Å². The number of H-pyrrole nitrogens is 2. The number of piperidine rings is 1. The highest BCUT2D eigenvalue weighted by Gasteiger charge is 2.46. The van der Waals surface area contributed by atoms with Crippen LogP contribution in [0.25, 0.3) is 0 Å². The number of likely N-dealkylation sites (tertiary alicyclic amines) is 1. The Kier molecular flexibility index (Phi) is 6.75. The highest BCUT2D eigenvalue weighted by Crippen LogP contribution is 2.42. The molecule has 4 N–H and O–H groups in total. The number of nitrogens with zero attached hydrogens (tertiary/aromatic N) is 4. The van der Waals surface area contributed by atoms with Crippen LogP contribution in [-0.4, -0.2) is 66.5 Å². The molecule has 2 aliphatic rings. The largest absolute Gasteiger partial charge is 0.480 e. The summed E-state index contributed by atoms with van der Waals surface area (Å²) in [5.74, 6) is 1.14. The van der Waals surface area contributed by atoms with Gasteiger partial charge in [0.1, 0.15) is 17.7 Å². The van der Waals surface area contributed by atoms with Crippen LogP contribution < -0.4 is 5.32 Å². The van der Waals surface area contributed by atoms with Crippen LogP contribution in [0.3, 0.4) is 0 Å². The van der Waals surface area contributed by atoms with E-state index >= 15 is 0 Å². The van der Waals surface area contributed by atoms with Crippen LogP contribution in [0.2, 0.25) is 0 Å². The Hall–Kier alpha value is -3.01. The topological polar surface area (TPSA) is 113 Å². The fraction of sp³-hybridized carbons (Fsp3) is 0.480. The lowest BCUT2D eigenvalue weighted by Gasteiger charge is -2.33. The maximum absolute atomic E-state index is 12.0. The van der Waals surface area contributed by atoms with Crippen LogP contribution in [0.5, 0.6) is 0 Å². The van der Waals surface area contributed by atoms with Gasteiger partial charge in [-0.05, 0) is 48.9 Å². The molecule has 5 rings (SSSR count). The van der Waals surface area contributed by atoms with Crippen molar-refractivity contribution in [2.45, 2.75) is 51.5 Å². The van der Waals surface area contributed by atoms with Gasteiger partial charge in [0.2, 0.25) is 0 Å². The third-order valence-electron chi connectivity index (χ3n) is 7.23. The van der Waals surface area contributed by atoms with Crippen molar-refractivity contribution in [3.63, 3.8) is 0 Å². The Morgan fingerprint density at radius 3 is 2.18 bits per heavy atom. The lowest BCUT2D eigenvalue weighted by atomic mass is 9.77. The Bertz CT molecular complexity index is 1010. The smallest absolute Gasteiger partial charge is 0.320 e. The van der Waals surface area contributed by atoms with Crippen molar-refractivity contribution in [2.75, 3.05) is 19.6 Å². The van der Waals surface area contributed by atoms with E-state index in [0.29, 0.717) is 19.6 Å². The Morgan fingerprint density at radius 1 is 1.00 bits per heavy atom. The second-order valence-electron chi connectivity index (χ2n) is 9.75. The first-order chi connectivity index (χ1) is 16.6. The number of aliphatic carboxylic acids is 1. The normalized spacial score (nSPS) is 20.3. The average Bonchev–Trinajstić information content (AvgIpc) is 3.59. The number of carbonyl (C=O) groups is 1. The molecule has 0 saturated carbocycles. The first-order valence-electron chi connectivity index (χ1n) is 12.0. The number of aromatic amines is 2. The lowest BCUT2D eigenvalue weighted by molar-refractivity contribution is -0.142. The van der Waals surface area contributed by atoms with Gasteiger partial charge in [-0.25, -0.2) is 9.97 Å². The van der Waals surface area contributed by atoms with Gasteiger partial charge < -0.3 is 20.4 Å². The van der Waals surface area contributed by atoms with E-state index in [1.807, 2.05) is 12.4 Å². The predicted molar refractivity (Wildman–Crippen MR) is 128 cm³/mol. The molecule has 0 bridgehead atoms. The summed E-state index contributed by atoms with van der Waals surface area (Å²) in [5.41, 5.74) is 2.50. The third kappa shape index (κ3) is 5.38. The number of carboxylic acids is 1. The third-order valence-corrected chi connectivity index (χ3v) is 7.23. The molecule has 0 radical (unpaired) electrons. The highest BCUT2D eigenvalue weighted by atomic mass is 16.4. The molecule has 2 aromatic heterocycles. The van der Waals surface area contributed by atoms with E-state index in [1.54, 1.807) is 12.4 Å². The van der Waals surface area contributed by atoms with Gasteiger partial charge >= 0.3 is 5.97 Å². The van der Waals surface area contributed by atoms with Crippen molar-refractivity contribution in [1.82, 2.24) is 35.1 Å². The lowest BCUT2D eigenvalue weighted by Crippen LogP contribution is -2.38. The number of hydrogen-bond donors (Lipinski definition) is 4. The summed E-state index contributed by atoms with van der Waals surface area (Å²) in [4.78, 5) is 31.5. The van der Waals surface area contributed by atoms with Gasteiger partial charge in [0.15, 0.2) is 0 Å². The van der Waals surface area contributed by atoms with E-state index in [-0.39, 0.29) is 5.41 Å². The van der Waals surface area contributed by atoms with Gasteiger partial charge in [-0.2, -0.15) is 0 Å². The summed E-state index contributed by atoms with van der Waals surface area (Å²) in [5, 5.41) is 13.3. The quantitative estimate of drug-likeness (QED) is 0.385. The molecule has 3 aromatic rings. The standard InChI is InChI=1S/C25H33N7O2/c33-24(34)21-13-25(5-7-26-8-6-25)18-32(21)15-20-3-1-19(2-4-20)14-31(16-22-27-9-10-28-22)17-23-29-11-12-30-23/h1-4,9-12,21,26H,5-8,13-18H2,(H,27,28)(H,29,30)(H,33,34)/t21-/m1/s1. The number of rotatable bonds is 9. The summed E-state index contributed by atoms with van der Waals surface area (Å²) in [6.45, 7) is 5.67. The molecule has 9 heteroatoms. The summed E-state index contributed by atoms with van der Waals surface area (Å²) < 4.78 is 0. The second kappa shape index (κ2) is 10.1. The van der Waals surface area contributed by atoms with E-state index < -0.39 is 12.0 Å². The molecule has 1 spiro atoms. The molecule has 0 amide bonds. The van der Waals surface area contributed by atoms with Gasteiger partial charge in [0.25, 0.3) is 0 Å². The van der Waals surface area contributed by atoms with Crippen molar-refractivity contribution in [2.24, 2.45) is 5.41 Å². The number of carboxylic acid groups (broad SMARTS) is 1. The van der Waals surface area contributed by atoms with Crippen LogP contribution in [0.4, 0.5) is 0 Å². The SMILES string of the molecule is O=C(O)[C@H]1CC2(CCNCC2)CN1Cc1ccc(CN(Cc2ncc[nH]2)Cc2ncc[nH]2)cc1. The zero-order chi connectivity index (χ0) is 23.4. The fourth-order valence-electron chi connectivity index (χ4n) is 5.48. The molecule has 4 heterocycles. The number of hydrogen-bond acceptors (Lipinski definition) is 6. The first kappa shape index (κ1) is 22.8. The molecular weight excluding hydrogens is 430 g/mol. The zero-order valence-electron chi connectivity index (χ0n) is 19.4. The molecule has 0 unspecified atom stereocenters. The molecule has 1 atom stereocenters. The van der Waals surface area contributed by atoms with Gasteiger partial charge in [0, 0.05) is 44.4 Å². The molecule has 2 fully saturated rings. The minimum Gasteiger partial charge on any atom is -0.480 e. The summed E-state index contributed by atoms with van der Waals surface area (Å²) in [6, 6.07) is 8.19. The van der Waals surface area contributed by atoms with Crippen LogP contribution in [0, 0.1) is 5.41 Å². The molecule has 0 aliphatic carbocycles. The van der Waals surface area contributed by atoms with E-state index in [1.165, 1.54) is 5.56 Å². The molecular formula is C25H33N7O2. The van der Waals surface area contributed by atoms with Crippen molar-refractivity contribution in [3.05, 3.63) is 71.8 Å². The fourth-order valence-corrected chi connectivity index (χ4v) is 5.48. The van der Waals surface area contributed by atoms with Gasteiger partial charge in [-0.3, -0.25) is 14.6 Å². The first-order valence-corrected chi connectivity index (χ1v) is 12.0. The summed E-state index contributed by atoms with van der Waals surface area (Å²) >= 11 is 0. The average molecular weight is 464 g/mol. The van der Waals surface area contributed by atoms with Crippen molar-refractivity contribution in [1.29, 1.82) is 0 Å². The monoisotopic (exact) mass is 463 g/mol. The highest BCUT2D eigenvalue weighted by molar-refractivity contribution is 5.74. The van der Waals surface area contributed by atoms with Crippen LogP contribution in [0.15, 0.2) is 49.1 Å². The van der Waals surface area contributed by atoms with E-state index in [4.69, 9.17) is 0 Å². The number of nitrogens with one attached hydrogen (secondary N) is 3. The van der Waals surface area contributed by atoms with Gasteiger partial charge in [0.05, 0.1) is 13.1 Å². The number of imidazole rings is 2. The number of aromatic nitrogens is 4. The minimum atomic E-state index is -0.696. The molecule has 180 valence electrons. The van der Waals surface area contributed by atoms with E-state index in [2.05, 4.69) is 59.3 Å². The molecule has 2 aliphatic heterocycles. The summed E-state index contributed by atoms with van der Waals surface area (Å²) in [7, 11) is 0. The molecule has 2 saturated heterocycles. The predicted octanol–water partition coefficient (Wildman–Crippen LogP) is 2.36. The minimum absolute atomic E-state index is 0.145. The Balaban J connectivity index is 1.24. The maximum atomic E-state index is 12.0. The van der Waals surface area contributed by atoms with Crippen molar-refractivity contribution >= 4 is 5.97 Å². The zero-order valence-corrected chi connectivity index (χ0v) is 19.4. The van der Waals surface area contributed by atoms with Gasteiger partial charge in [-0.15, -0.1) is 0 Å². The van der Waals surface area contributed by atoms with Crippen molar-refractivity contribution < 1.29 is 9.90 Å².